The molecule has 0 unspecified atom stereocenters. The van der Waals surface area contributed by atoms with Gasteiger partial charge in [-0.1, -0.05) is 0 Å². The summed E-state index contributed by atoms with van der Waals surface area (Å²) in [6.07, 6.45) is 4.40. The van der Waals surface area contributed by atoms with Gasteiger partial charge in [-0.15, -0.1) is 0 Å². The fraction of sp³-hybridized carbons (Fsp3) is 0.909. The predicted molar refractivity (Wildman–Crippen MR) is 55.9 cm³/mol. The number of carbonyl (C=O) groups excluding carboxylic acids is 1. The molecular formula is C11H22CoO3. The van der Waals surface area contributed by atoms with Crippen molar-refractivity contribution in [3.05, 3.63) is 0 Å². The Kier molecular flexibility index (Phi) is 10.4. The van der Waals surface area contributed by atoms with E-state index < -0.39 is 13.6 Å². The molecule has 0 aliphatic carbocycles. The molecule has 0 atom stereocenters. The van der Waals surface area contributed by atoms with Crippen molar-refractivity contribution in [2.45, 2.75) is 49.7 Å². The van der Waals surface area contributed by atoms with E-state index >= 15 is 0 Å². The maximum atomic E-state index is 11.5. The Morgan fingerprint density at radius 2 is 1.73 bits per heavy atom. The average molecular weight is 261 g/mol. The van der Waals surface area contributed by atoms with E-state index in [-0.39, 0.29) is 5.78 Å². The Morgan fingerprint density at radius 1 is 1.13 bits per heavy atom. The molecule has 15 heavy (non-hydrogen) atoms. The zero-order chi connectivity index (χ0) is 11.5. The van der Waals surface area contributed by atoms with Gasteiger partial charge in [-0.2, -0.15) is 0 Å². The molecule has 0 aliphatic heterocycles. The van der Waals surface area contributed by atoms with Crippen LogP contribution in [0.15, 0.2) is 0 Å². The number of carbonyl (C=O) groups is 1. The molecule has 93 valence electrons. The molecule has 0 N–H and O–H groups in total. The molecule has 0 heterocycles. The number of ketones is 1. The molecule has 3 nitrogen and oxygen atoms in total. The van der Waals surface area contributed by atoms with Crippen molar-refractivity contribution in [3.63, 3.8) is 0 Å². The molecule has 0 saturated heterocycles. The van der Waals surface area contributed by atoms with Crippen LogP contribution in [0.2, 0.25) is 10.7 Å². The Hall–Kier alpha value is -0.0635. The molecular weight excluding hydrogens is 239 g/mol. The van der Waals surface area contributed by atoms with E-state index in [2.05, 4.69) is 0 Å². The van der Waals surface area contributed by atoms with Gasteiger partial charge in [0.15, 0.2) is 0 Å². The molecule has 0 rings (SSSR count). The van der Waals surface area contributed by atoms with E-state index in [1.165, 1.54) is 0 Å². The fourth-order valence-electron chi connectivity index (χ4n) is 1.13. The summed E-state index contributed by atoms with van der Waals surface area (Å²) >= 11 is -1.02. The van der Waals surface area contributed by atoms with Crippen LogP contribution in [-0.4, -0.2) is 19.5 Å². The minimum atomic E-state index is -1.02. The monoisotopic (exact) mass is 261 g/mol. The van der Waals surface area contributed by atoms with E-state index in [1.807, 2.05) is 0 Å². The molecule has 0 saturated carbocycles. The Morgan fingerprint density at radius 3 is 2.27 bits per heavy atom. The third kappa shape index (κ3) is 11.9. The summed E-state index contributed by atoms with van der Waals surface area (Å²) in [6, 6.07) is 0. The van der Waals surface area contributed by atoms with Gasteiger partial charge in [-0.3, -0.25) is 0 Å². The summed E-state index contributed by atoms with van der Waals surface area (Å²) in [5.41, 5.74) is 0. The number of ether oxygens (including phenoxy) is 1. The first-order chi connectivity index (χ1) is 7.16. The van der Waals surface area contributed by atoms with Gasteiger partial charge in [0.2, 0.25) is 0 Å². The Labute approximate surface area is 96.5 Å². The summed E-state index contributed by atoms with van der Waals surface area (Å²) in [6.45, 7) is 2.36. The van der Waals surface area contributed by atoms with E-state index in [0.717, 1.165) is 43.0 Å². The van der Waals surface area contributed by atoms with Crippen LogP contribution in [0.5, 0.6) is 0 Å². The molecule has 0 aromatic rings. The number of methoxy groups -OCH3 is 1. The van der Waals surface area contributed by atoms with Gasteiger partial charge in [-0.05, 0) is 0 Å². The number of unbranched alkanes of at least 4 members (excludes halogenated alkanes) is 2. The zero-order valence-electron chi connectivity index (χ0n) is 9.71. The first-order valence-electron chi connectivity index (χ1n) is 5.36. The summed E-state index contributed by atoms with van der Waals surface area (Å²) in [5.74, 6) is 0.227. The van der Waals surface area contributed by atoms with E-state index in [4.69, 9.17) is 4.74 Å². The third-order valence-electron chi connectivity index (χ3n) is 1.98. The van der Waals surface area contributed by atoms with Crippen LogP contribution in [0, 0.1) is 0 Å². The van der Waals surface area contributed by atoms with Crippen molar-refractivity contribution in [1.29, 1.82) is 0 Å². The van der Waals surface area contributed by atoms with Gasteiger partial charge in [0.1, 0.15) is 0 Å². The second kappa shape index (κ2) is 10.5. The van der Waals surface area contributed by atoms with Crippen LogP contribution in [0.1, 0.15) is 39.0 Å². The molecule has 0 bridgehead atoms. The molecule has 4 heteroatoms. The number of hydrogen-bond donors (Lipinski definition) is 0. The Balaban J connectivity index is 3.22. The van der Waals surface area contributed by atoms with Gasteiger partial charge < -0.3 is 0 Å². The standard InChI is InChI=1S/C6H11O.C5H11O.Co.O/c1-3-4-5-6(2)7;1-3-4-5-6-2;;/h1,3-5H2,2H3;1,3-5H2,2H3;;. The summed E-state index contributed by atoms with van der Waals surface area (Å²) in [5, 5.41) is 1.57. The average Bonchev–Trinajstić information content (AvgIpc) is 2.19. The summed E-state index contributed by atoms with van der Waals surface area (Å²) in [4.78, 5) is 10.6. The number of rotatable bonds is 10. The first kappa shape index (κ1) is 14.9. The molecule has 0 aromatic carbocycles. The third-order valence-corrected chi connectivity index (χ3v) is 3.88. The predicted octanol–water partition coefficient (Wildman–Crippen LogP) is 2.97. The van der Waals surface area contributed by atoms with Crippen LogP contribution in [0.3, 0.4) is 0 Å². The summed E-state index contributed by atoms with van der Waals surface area (Å²) in [7, 11) is 1.68. The van der Waals surface area contributed by atoms with Crippen molar-refractivity contribution >= 4 is 5.78 Å². The second-order valence-electron chi connectivity index (χ2n) is 3.55. The SMILES string of the molecule is COCCC[CH2][Co](=[O])[CH2]CCCC(C)=O. The fourth-order valence-corrected chi connectivity index (χ4v) is 2.74. The molecule has 0 aromatic heterocycles. The Bertz CT molecular complexity index is 192. The van der Waals surface area contributed by atoms with Crippen molar-refractivity contribution in [3.8, 4) is 0 Å². The second-order valence-corrected chi connectivity index (χ2v) is 5.71. The van der Waals surface area contributed by atoms with E-state index in [1.54, 1.807) is 14.0 Å². The van der Waals surface area contributed by atoms with Crippen LogP contribution in [0.4, 0.5) is 0 Å². The number of Topliss-reactive ketones (excluding diaryl/α,β-unsaturated/α-hetero) is 1. The quantitative estimate of drug-likeness (QED) is 0.568. The molecule has 0 amide bonds. The zero-order valence-corrected chi connectivity index (χ0v) is 10.8. The van der Waals surface area contributed by atoms with Gasteiger partial charge >= 0.3 is 96.2 Å². The van der Waals surface area contributed by atoms with Gasteiger partial charge in [0.25, 0.3) is 0 Å². The van der Waals surface area contributed by atoms with Crippen LogP contribution in [-0.2, 0) is 27.0 Å². The van der Waals surface area contributed by atoms with Gasteiger partial charge in [0, 0.05) is 0 Å². The molecule has 0 fully saturated rings. The van der Waals surface area contributed by atoms with Crippen molar-refractivity contribution < 1.29 is 27.0 Å². The van der Waals surface area contributed by atoms with Gasteiger partial charge in [-0.25, -0.2) is 0 Å². The van der Waals surface area contributed by atoms with Crippen LogP contribution >= 0.6 is 0 Å². The van der Waals surface area contributed by atoms with E-state index in [0.29, 0.717) is 6.42 Å². The molecule has 0 aliphatic rings. The normalized spacial score (nSPS) is 11.5. The maximum absolute atomic E-state index is 11.5. The van der Waals surface area contributed by atoms with Crippen molar-refractivity contribution in [2.24, 2.45) is 0 Å². The van der Waals surface area contributed by atoms with Crippen molar-refractivity contribution in [1.82, 2.24) is 0 Å². The van der Waals surface area contributed by atoms with Crippen molar-refractivity contribution in [2.75, 3.05) is 13.7 Å². The molecule has 0 spiro atoms. The minimum absolute atomic E-state index is 0.227. The molecule has 0 radical (unpaired) electrons. The first-order valence-corrected chi connectivity index (χ1v) is 7.26. The van der Waals surface area contributed by atoms with Gasteiger partial charge in [0.05, 0.1) is 0 Å². The van der Waals surface area contributed by atoms with E-state index in [9.17, 15) is 8.66 Å². The number of hydrogen-bond acceptors (Lipinski definition) is 3. The topological polar surface area (TPSA) is 43.4 Å². The van der Waals surface area contributed by atoms with Crippen LogP contribution < -0.4 is 0 Å². The summed E-state index contributed by atoms with van der Waals surface area (Å²) < 4.78 is 16.4. The van der Waals surface area contributed by atoms with Crippen LogP contribution in [0.25, 0.3) is 0 Å².